The Bertz CT molecular complexity index is 661. The number of hydrogen-bond acceptors (Lipinski definition) is 4. The lowest BCUT2D eigenvalue weighted by molar-refractivity contribution is 0.283. The van der Waals surface area contributed by atoms with Crippen LogP contribution in [-0.4, -0.2) is 37.2 Å². The van der Waals surface area contributed by atoms with E-state index in [1.807, 2.05) is 24.4 Å². The van der Waals surface area contributed by atoms with Gasteiger partial charge in [-0.05, 0) is 43.3 Å². The van der Waals surface area contributed by atoms with E-state index in [-0.39, 0.29) is 0 Å². The highest BCUT2D eigenvalue weighted by Gasteiger charge is 2.08. The van der Waals surface area contributed by atoms with Crippen LogP contribution >= 0.6 is 0 Å². The smallest absolute Gasteiger partial charge is 0.161 e. The fourth-order valence-electron chi connectivity index (χ4n) is 3.24. The van der Waals surface area contributed by atoms with E-state index in [2.05, 4.69) is 42.1 Å². The Morgan fingerprint density at radius 2 is 1.79 bits per heavy atom. The van der Waals surface area contributed by atoms with E-state index in [0.717, 1.165) is 49.7 Å². The Hall–Kier alpha value is -2.07. The number of unbranched alkanes of at least 4 members (excludes halogenated alkanes) is 5. The van der Waals surface area contributed by atoms with E-state index >= 15 is 0 Å². The standard InChI is InChI=1S/C24H36N2O2/c1-4-5-6-7-8-11-18-28-23-14-13-21(19-24(23)27-3)20-26(2)17-15-22-12-9-10-16-25-22/h9-10,12-14,16,19H,4-8,11,15,17-18,20H2,1-3H3. The molecule has 0 bridgehead atoms. The number of nitrogens with zero attached hydrogens (tertiary/aromatic N) is 2. The van der Waals surface area contributed by atoms with Gasteiger partial charge in [-0.15, -0.1) is 0 Å². The maximum atomic E-state index is 5.95. The SMILES string of the molecule is CCCCCCCCOc1ccc(CN(C)CCc2ccccn2)cc1OC. The van der Waals surface area contributed by atoms with E-state index in [4.69, 9.17) is 9.47 Å². The molecule has 2 aromatic rings. The van der Waals surface area contributed by atoms with Gasteiger partial charge in [0, 0.05) is 31.4 Å². The Labute approximate surface area is 170 Å². The minimum absolute atomic E-state index is 0.756. The van der Waals surface area contributed by atoms with Crippen molar-refractivity contribution in [3.63, 3.8) is 0 Å². The van der Waals surface area contributed by atoms with Gasteiger partial charge in [-0.3, -0.25) is 4.98 Å². The lowest BCUT2D eigenvalue weighted by Gasteiger charge is -2.18. The van der Waals surface area contributed by atoms with Gasteiger partial charge in [0.25, 0.3) is 0 Å². The van der Waals surface area contributed by atoms with Crippen LogP contribution in [0.3, 0.4) is 0 Å². The van der Waals surface area contributed by atoms with Crippen LogP contribution in [0.15, 0.2) is 42.6 Å². The lowest BCUT2D eigenvalue weighted by atomic mass is 10.1. The summed E-state index contributed by atoms with van der Waals surface area (Å²) >= 11 is 0. The monoisotopic (exact) mass is 384 g/mol. The third kappa shape index (κ3) is 8.30. The summed E-state index contributed by atoms with van der Waals surface area (Å²) in [7, 11) is 3.85. The topological polar surface area (TPSA) is 34.6 Å². The fraction of sp³-hybridized carbons (Fsp3) is 0.542. The number of rotatable bonds is 14. The molecule has 0 aliphatic heterocycles. The van der Waals surface area contributed by atoms with E-state index in [0.29, 0.717) is 0 Å². The van der Waals surface area contributed by atoms with Crippen LogP contribution in [0.5, 0.6) is 11.5 Å². The zero-order chi connectivity index (χ0) is 20.0. The molecule has 0 aliphatic carbocycles. The van der Waals surface area contributed by atoms with Gasteiger partial charge in [0.2, 0.25) is 0 Å². The van der Waals surface area contributed by atoms with Crippen molar-refractivity contribution >= 4 is 0 Å². The zero-order valence-electron chi connectivity index (χ0n) is 17.8. The summed E-state index contributed by atoms with van der Waals surface area (Å²) in [6, 6.07) is 12.3. The van der Waals surface area contributed by atoms with E-state index in [9.17, 15) is 0 Å². The summed E-state index contributed by atoms with van der Waals surface area (Å²) in [5.74, 6) is 1.66. The highest BCUT2D eigenvalue weighted by atomic mass is 16.5. The van der Waals surface area contributed by atoms with Gasteiger partial charge in [0.1, 0.15) is 0 Å². The summed E-state index contributed by atoms with van der Waals surface area (Å²) in [5, 5.41) is 0. The number of benzene rings is 1. The van der Waals surface area contributed by atoms with Gasteiger partial charge >= 0.3 is 0 Å². The molecule has 1 aromatic carbocycles. The second kappa shape index (κ2) is 13.2. The fourth-order valence-corrected chi connectivity index (χ4v) is 3.24. The molecule has 0 saturated carbocycles. The second-order valence-electron chi connectivity index (χ2n) is 7.41. The minimum Gasteiger partial charge on any atom is -0.493 e. The molecule has 4 heteroatoms. The quantitative estimate of drug-likeness (QED) is 0.403. The Kier molecular flexibility index (Phi) is 10.4. The normalized spacial score (nSPS) is 11.0. The molecule has 0 amide bonds. The number of ether oxygens (including phenoxy) is 2. The van der Waals surface area contributed by atoms with Gasteiger partial charge in [0.15, 0.2) is 11.5 Å². The molecule has 0 aliphatic rings. The van der Waals surface area contributed by atoms with E-state index < -0.39 is 0 Å². The van der Waals surface area contributed by atoms with Crippen LogP contribution in [0.4, 0.5) is 0 Å². The third-order valence-corrected chi connectivity index (χ3v) is 4.91. The molecule has 1 aromatic heterocycles. The van der Waals surface area contributed by atoms with Crippen LogP contribution in [0, 0.1) is 0 Å². The van der Waals surface area contributed by atoms with Crippen molar-refractivity contribution in [2.75, 3.05) is 27.3 Å². The van der Waals surface area contributed by atoms with Crippen LogP contribution in [0.2, 0.25) is 0 Å². The molecule has 0 N–H and O–H groups in total. The van der Waals surface area contributed by atoms with Gasteiger partial charge in [0.05, 0.1) is 13.7 Å². The molecular formula is C24H36N2O2. The Morgan fingerprint density at radius 3 is 2.54 bits per heavy atom. The molecule has 28 heavy (non-hydrogen) atoms. The number of methoxy groups -OCH3 is 1. The first kappa shape index (κ1) is 22.2. The first-order valence-electron chi connectivity index (χ1n) is 10.6. The molecule has 0 spiro atoms. The van der Waals surface area contributed by atoms with Crippen molar-refractivity contribution < 1.29 is 9.47 Å². The van der Waals surface area contributed by atoms with Gasteiger partial charge < -0.3 is 14.4 Å². The molecule has 0 unspecified atom stereocenters. The average molecular weight is 385 g/mol. The third-order valence-electron chi connectivity index (χ3n) is 4.91. The molecular weight excluding hydrogens is 348 g/mol. The number of pyridine rings is 1. The van der Waals surface area contributed by atoms with Crippen molar-refractivity contribution in [3.8, 4) is 11.5 Å². The maximum Gasteiger partial charge on any atom is 0.161 e. The highest BCUT2D eigenvalue weighted by Crippen LogP contribution is 2.28. The van der Waals surface area contributed by atoms with Crippen molar-refractivity contribution in [1.82, 2.24) is 9.88 Å². The van der Waals surface area contributed by atoms with Crippen LogP contribution in [0.1, 0.15) is 56.7 Å². The molecule has 0 saturated heterocycles. The summed E-state index contributed by atoms with van der Waals surface area (Å²) in [6.45, 7) is 4.85. The first-order chi connectivity index (χ1) is 13.7. The molecule has 0 radical (unpaired) electrons. The number of hydrogen-bond donors (Lipinski definition) is 0. The summed E-state index contributed by atoms with van der Waals surface area (Å²) < 4.78 is 11.5. The first-order valence-corrected chi connectivity index (χ1v) is 10.6. The Balaban J connectivity index is 1.76. The second-order valence-corrected chi connectivity index (χ2v) is 7.41. The molecule has 154 valence electrons. The van der Waals surface area contributed by atoms with Crippen LogP contribution in [-0.2, 0) is 13.0 Å². The summed E-state index contributed by atoms with van der Waals surface area (Å²) in [5.41, 5.74) is 2.36. The van der Waals surface area contributed by atoms with Crippen molar-refractivity contribution in [1.29, 1.82) is 0 Å². The largest absolute Gasteiger partial charge is 0.493 e. The average Bonchev–Trinajstić information content (AvgIpc) is 2.73. The van der Waals surface area contributed by atoms with Crippen molar-refractivity contribution in [2.24, 2.45) is 0 Å². The number of aromatic nitrogens is 1. The molecule has 4 nitrogen and oxygen atoms in total. The Morgan fingerprint density at radius 1 is 0.964 bits per heavy atom. The molecule has 0 atom stereocenters. The van der Waals surface area contributed by atoms with Gasteiger partial charge in [-0.25, -0.2) is 0 Å². The predicted molar refractivity (Wildman–Crippen MR) is 116 cm³/mol. The zero-order valence-corrected chi connectivity index (χ0v) is 17.8. The van der Waals surface area contributed by atoms with Gasteiger partial charge in [-0.2, -0.15) is 0 Å². The summed E-state index contributed by atoms with van der Waals surface area (Å²) in [6.07, 6.45) is 10.4. The predicted octanol–water partition coefficient (Wildman–Crippen LogP) is 5.50. The van der Waals surface area contributed by atoms with Crippen molar-refractivity contribution in [3.05, 3.63) is 53.9 Å². The number of likely N-dealkylation sites (N-methyl/N-ethyl adjacent to an activating group) is 1. The molecule has 0 fully saturated rings. The minimum atomic E-state index is 0.756. The van der Waals surface area contributed by atoms with E-state index in [1.54, 1.807) is 7.11 Å². The van der Waals surface area contributed by atoms with Gasteiger partial charge in [-0.1, -0.05) is 51.2 Å². The van der Waals surface area contributed by atoms with Crippen molar-refractivity contribution in [2.45, 2.75) is 58.4 Å². The van der Waals surface area contributed by atoms with E-state index in [1.165, 1.54) is 37.7 Å². The highest BCUT2D eigenvalue weighted by molar-refractivity contribution is 5.43. The molecule has 2 rings (SSSR count). The maximum absolute atomic E-state index is 5.95. The lowest BCUT2D eigenvalue weighted by Crippen LogP contribution is -2.21. The van der Waals surface area contributed by atoms with Crippen LogP contribution < -0.4 is 9.47 Å². The molecule has 1 heterocycles. The van der Waals surface area contributed by atoms with Crippen LogP contribution in [0.25, 0.3) is 0 Å². The summed E-state index contributed by atoms with van der Waals surface area (Å²) in [4.78, 5) is 6.70.